The minimum atomic E-state index is -3.65. The van der Waals surface area contributed by atoms with Crippen LogP contribution < -0.4 is 0 Å². The third-order valence-corrected chi connectivity index (χ3v) is 2.35. The quantitative estimate of drug-likeness (QED) is 0.767. The summed E-state index contributed by atoms with van der Waals surface area (Å²) in [4.78, 5) is 0. The highest BCUT2D eigenvalue weighted by atomic mass is 32.2. The molecule has 0 heterocycles. The van der Waals surface area contributed by atoms with Crippen LogP contribution >= 0.6 is 0 Å². The van der Waals surface area contributed by atoms with Crippen molar-refractivity contribution in [2.45, 2.75) is 6.42 Å². The van der Waals surface area contributed by atoms with Crippen LogP contribution in [0.3, 0.4) is 0 Å². The van der Waals surface area contributed by atoms with E-state index in [0.717, 1.165) is 6.26 Å². The van der Waals surface area contributed by atoms with Gasteiger partial charge in [0.2, 0.25) is 0 Å². The van der Waals surface area contributed by atoms with Crippen molar-refractivity contribution in [2.24, 2.45) is 0 Å². The van der Waals surface area contributed by atoms with E-state index < -0.39 is 39.7 Å². The van der Waals surface area contributed by atoms with Crippen LogP contribution in [0.4, 0.5) is 13.2 Å². The Morgan fingerprint density at radius 2 is 1.69 bits per heavy atom. The first-order valence-corrected chi connectivity index (χ1v) is 6.09. The van der Waals surface area contributed by atoms with Gasteiger partial charge in [0, 0.05) is 24.1 Å². The van der Waals surface area contributed by atoms with E-state index in [1.807, 2.05) is 0 Å². The lowest BCUT2D eigenvalue weighted by Gasteiger charge is -2.05. The summed E-state index contributed by atoms with van der Waals surface area (Å²) in [5, 5.41) is 0. The van der Waals surface area contributed by atoms with Crippen LogP contribution in [0.5, 0.6) is 0 Å². The molecule has 0 unspecified atom stereocenters. The van der Waals surface area contributed by atoms with Crippen LogP contribution in [0.2, 0.25) is 0 Å². The molecule has 0 aromatic heterocycles. The van der Waals surface area contributed by atoms with Crippen LogP contribution in [0.25, 0.3) is 0 Å². The molecule has 7 heteroatoms. The molecular weight excluding hydrogens is 245 g/mol. The molecule has 16 heavy (non-hydrogen) atoms. The highest BCUT2D eigenvalue weighted by molar-refractivity contribution is 7.85. The zero-order valence-electron chi connectivity index (χ0n) is 8.34. The second-order valence-corrected chi connectivity index (χ2v) is 4.77. The van der Waals surface area contributed by atoms with Gasteiger partial charge in [0.1, 0.15) is 17.5 Å². The number of hydrogen-bond donors (Lipinski definition) is 0. The van der Waals surface area contributed by atoms with Crippen molar-refractivity contribution in [3.05, 3.63) is 35.1 Å². The zero-order chi connectivity index (χ0) is 12.3. The molecule has 0 radical (unpaired) electrons. The third-order valence-electron chi connectivity index (χ3n) is 1.76. The number of rotatable bonds is 4. The molecule has 0 N–H and O–H groups in total. The highest BCUT2D eigenvalue weighted by Gasteiger charge is 2.12. The molecular formula is C9H9F3O3S. The second-order valence-electron chi connectivity index (χ2n) is 3.12. The van der Waals surface area contributed by atoms with Gasteiger partial charge in [-0.1, -0.05) is 0 Å². The summed E-state index contributed by atoms with van der Waals surface area (Å²) in [5.74, 6) is -3.15. The van der Waals surface area contributed by atoms with Gasteiger partial charge in [-0.05, 0) is 0 Å². The maximum absolute atomic E-state index is 13.0. The Hall–Kier alpha value is -1.08. The van der Waals surface area contributed by atoms with Gasteiger partial charge in [0.25, 0.3) is 10.1 Å². The van der Waals surface area contributed by atoms with Crippen molar-refractivity contribution in [2.75, 3.05) is 12.9 Å². The lowest BCUT2D eigenvalue weighted by atomic mass is 10.1. The maximum Gasteiger partial charge on any atom is 0.264 e. The summed E-state index contributed by atoms with van der Waals surface area (Å²) in [7, 11) is -3.65. The lowest BCUT2D eigenvalue weighted by molar-refractivity contribution is 0.321. The first kappa shape index (κ1) is 13.0. The molecule has 90 valence electrons. The van der Waals surface area contributed by atoms with Gasteiger partial charge in [-0.3, -0.25) is 4.18 Å². The Morgan fingerprint density at radius 3 is 2.12 bits per heavy atom. The topological polar surface area (TPSA) is 43.4 Å². The van der Waals surface area contributed by atoms with E-state index in [1.54, 1.807) is 0 Å². The van der Waals surface area contributed by atoms with Gasteiger partial charge in [-0.25, -0.2) is 13.2 Å². The summed E-state index contributed by atoms with van der Waals surface area (Å²) >= 11 is 0. The fourth-order valence-electron chi connectivity index (χ4n) is 1.11. The Labute approximate surface area is 91.0 Å². The Kier molecular flexibility index (Phi) is 3.93. The van der Waals surface area contributed by atoms with Crippen LogP contribution in [0, 0.1) is 17.5 Å². The van der Waals surface area contributed by atoms with Crippen molar-refractivity contribution in [3.63, 3.8) is 0 Å². The van der Waals surface area contributed by atoms with Crippen LogP contribution in [0.15, 0.2) is 12.1 Å². The van der Waals surface area contributed by atoms with Crippen molar-refractivity contribution >= 4 is 10.1 Å². The van der Waals surface area contributed by atoms with Crippen LogP contribution in [-0.4, -0.2) is 21.3 Å². The van der Waals surface area contributed by atoms with Gasteiger partial charge in [0.05, 0.1) is 12.9 Å². The molecule has 0 spiro atoms. The van der Waals surface area contributed by atoms with E-state index in [0.29, 0.717) is 12.1 Å². The Morgan fingerprint density at radius 1 is 1.19 bits per heavy atom. The predicted molar refractivity (Wildman–Crippen MR) is 50.8 cm³/mol. The molecule has 0 saturated carbocycles. The first-order chi connectivity index (χ1) is 7.29. The zero-order valence-corrected chi connectivity index (χ0v) is 9.15. The van der Waals surface area contributed by atoms with E-state index >= 15 is 0 Å². The normalized spacial score (nSPS) is 11.8. The number of hydrogen-bond acceptors (Lipinski definition) is 3. The minimum Gasteiger partial charge on any atom is -0.270 e. The van der Waals surface area contributed by atoms with Crippen LogP contribution in [-0.2, 0) is 20.7 Å². The van der Waals surface area contributed by atoms with E-state index in [2.05, 4.69) is 4.18 Å². The summed E-state index contributed by atoms with van der Waals surface area (Å²) in [6.45, 7) is -0.391. The molecule has 0 aliphatic carbocycles. The lowest BCUT2D eigenvalue weighted by Crippen LogP contribution is -2.08. The smallest absolute Gasteiger partial charge is 0.264 e. The van der Waals surface area contributed by atoms with E-state index in [9.17, 15) is 21.6 Å². The first-order valence-electron chi connectivity index (χ1n) is 4.27. The maximum atomic E-state index is 13.0. The average molecular weight is 254 g/mol. The van der Waals surface area contributed by atoms with Gasteiger partial charge >= 0.3 is 0 Å². The van der Waals surface area contributed by atoms with Crippen molar-refractivity contribution < 1.29 is 25.8 Å². The second kappa shape index (κ2) is 4.84. The summed E-state index contributed by atoms with van der Waals surface area (Å²) in [6, 6.07) is 1.05. The average Bonchev–Trinajstić information content (AvgIpc) is 2.07. The molecule has 0 saturated heterocycles. The summed E-state index contributed by atoms with van der Waals surface area (Å²) in [6.07, 6.45) is 0.537. The fraction of sp³-hybridized carbons (Fsp3) is 0.333. The predicted octanol–water partition coefficient (Wildman–Crippen LogP) is 1.62. The Balaban J connectivity index is 2.75. The molecule has 0 atom stereocenters. The monoisotopic (exact) mass is 254 g/mol. The minimum absolute atomic E-state index is 0.287. The standard InChI is InChI=1S/C9H9F3O3S/c1-16(13,14)15-3-2-7-8(11)4-6(10)5-9(7)12/h4-5H,2-3H2,1H3. The molecule has 0 bridgehead atoms. The summed E-state index contributed by atoms with van der Waals surface area (Å²) in [5.41, 5.74) is -0.398. The van der Waals surface area contributed by atoms with Gasteiger partial charge in [-0.15, -0.1) is 0 Å². The molecule has 1 aromatic carbocycles. The largest absolute Gasteiger partial charge is 0.270 e. The van der Waals surface area contributed by atoms with E-state index in [1.165, 1.54) is 0 Å². The van der Waals surface area contributed by atoms with Crippen molar-refractivity contribution in [3.8, 4) is 0 Å². The third kappa shape index (κ3) is 3.82. The number of halogens is 3. The molecule has 1 aromatic rings. The summed E-state index contributed by atoms with van der Waals surface area (Å²) < 4.78 is 64.1. The van der Waals surface area contributed by atoms with Crippen LogP contribution in [0.1, 0.15) is 5.56 Å². The molecule has 3 nitrogen and oxygen atoms in total. The van der Waals surface area contributed by atoms with E-state index in [-0.39, 0.29) is 6.42 Å². The fourth-order valence-corrected chi connectivity index (χ4v) is 1.49. The van der Waals surface area contributed by atoms with Crippen molar-refractivity contribution in [1.82, 2.24) is 0 Å². The van der Waals surface area contributed by atoms with Gasteiger partial charge < -0.3 is 0 Å². The molecule has 0 aliphatic rings. The SMILES string of the molecule is CS(=O)(=O)OCCc1c(F)cc(F)cc1F. The molecule has 1 rings (SSSR count). The van der Waals surface area contributed by atoms with Gasteiger partial charge in [-0.2, -0.15) is 8.42 Å². The van der Waals surface area contributed by atoms with Gasteiger partial charge in [0.15, 0.2) is 0 Å². The molecule has 0 aliphatic heterocycles. The Bertz CT molecular complexity index is 462. The number of benzene rings is 1. The highest BCUT2D eigenvalue weighted by Crippen LogP contribution is 2.15. The van der Waals surface area contributed by atoms with Crippen molar-refractivity contribution in [1.29, 1.82) is 0 Å². The molecule has 0 amide bonds. The van der Waals surface area contributed by atoms with E-state index in [4.69, 9.17) is 0 Å². The molecule has 0 fully saturated rings.